The molecule has 0 unspecified atom stereocenters. The number of methoxy groups -OCH3 is 2. The predicted octanol–water partition coefficient (Wildman–Crippen LogP) is 2.86. The molecule has 0 amide bonds. The molecule has 16 heavy (non-hydrogen) atoms. The van der Waals surface area contributed by atoms with E-state index in [0.29, 0.717) is 11.5 Å². The fourth-order valence-electron chi connectivity index (χ4n) is 1.51. The lowest BCUT2D eigenvalue weighted by Crippen LogP contribution is -1.92. The lowest BCUT2D eigenvalue weighted by Gasteiger charge is -2.11. The van der Waals surface area contributed by atoms with Gasteiger partial charge >= 0.3 is 0 Å². The number of benzene rings is 1. The van der Waals surface area contributed by atoms with Crippen LogP contribution in [-0.4, -0.2) is 24.4 Å². The van der Waals surface area contributed by atoms with Crippen LogP contribution in [0.25, 0.3) is 11.1 Å². The highest BCUT2D eigenvalue weighted by Crippen LogP contribution is 2.41. The summed E-state index contributed by atoms with van der Waals surface area (Å²) in [6.07, 6.45) is 3.58. The van der Waals surface area contributed by atoms with Crippen LogP contribution < -0.4 is 9.47 Å². The van der Waals surface area contributed by atoms with E-state index in [1.54, 1.807) is 20.4 Å². The Balaban J connectivity index is 2.57. The van der Waals surface area contributed by atoms with Crippen LogP contribution in [0.1, 0.15) is 0 Å². The number of aromatic amines is 1. The second kappa shape index (κ2) is 4.57. The largest absolute Gasteiger partial charge is 0.493 e. The highest BCUT2D eigenvalue weighted by atomic mass is 79.9. The second-order valence-corrected chi connectivity index (χ2v) is 3.94. The van der Waals surface area contributed by atoms with Crippen LogP contribution in [0.15, 0.2) is 29.0 Å². The predicted molar refractivity (Wildman–Crippen MR) is 64.8 cm³/mol. The number of hydrogen-bond acceptors (Lipinski definition) is 3. The normalized spacial score (nSPS) is 10.2. The molecule has 0 aliphatic heterocycles. The van der Waals surface area contributed by atoms with Gasteiger partial charge in [0.05, 0.1) is 24.9 Å². The monoisotopic (exact) mass is 282 g/mol. The summed E-state index contributed by atoms with van der Waals surface area (Å²) in [4.78, 5) is 0. The summed E-state index contributed by atoms with van der Waals surface area (Å²) in [7, 11) is 3.23. The number of aromatic nitrogens is 2. The molecule has 2 aromatic rings. The molecule has 0 fully saturated rings. The minimum Gasteiger partial charge on any atom is -0.493 e. The van der Waals surface area contributed by atoms with E-state index in [1.807, 2.05) is 18.3 Å². The quantitative estimate of drug-likeness (QED) is 0.942. The maximum absolute atomic E-state index is 5.30. The van der Waals surface area contributed by atoms with E-state index in [9.17, 15) is 0 Å². The maximum Gasteiger partial charge on any atom is 0.175 e. The molecule has 2 rings (SSSR count). The molecule has 0 spiro atoms. The molecule has 0 aliphatic carbocycles. The first kappa shape index (κ1) is 11.0. The molecule has 4 nitrogen and oxygen atoms in total. The highest BCUT2D eigenvalue weighted by Gasteiger charge is 2.14. The summed E-state index contributed by atoms with van der Waals surface area (Å²) in [5.74, 6) is 1.38. The topological polar surface area (TPSA) is 47.1 Å². The number of halogens is 1. The molecule has 0 saturated carbocycles. The van der Waals surface area contributed by atoms with Crippen LogP contribution in [0.5, 0.6) is 11.5 Å². The van der Waals surface area contributed by atoms with Crippen LogP contribution in [0.2, 0.25) is 0 Å². The van der Waals surface area contributed by atoms with E-state index in [1.165, 1.54) is 0 Å². The summed E-state index contributed by atoms with van der Waals surface area (Å²) in [5, 5.41) is 6.70. The highest BCUT2D eigenvalue weighted by molar-refractivity contribution is 9.10. The average Bonchev–Trinajstić information content (AvgIpc) is 2.81. The van der Waals surface area contributed by atoms with Crippen molar-refractivity contribution in [3.8, 4) is 22.6 Å². The van der Waals surface area contributed by atoms with Gasteiger partial charge in [-0.2, -0.15) is 5.10 Å². The maximum atomic E-state index is 5.30. The van der Waals surface area contributed by atoms with Crippen molar-refractivity contribution >= 4 is 15.9 Å². The molecule has 5 heteroatoms. The molecule has 1 aromatic carbocycles. The Morgan fingerprint density at radius 3 is 2.62 bits per heavy atom. The Labute approximate surface area is 102 Å². The van der Waals surface area contributed by atoms with Gasteiger partial charge < -0.3 is 9.47 Å². The smallest absolute Gasteiger partial charge is 0.175 e. The summed E-state index contributed by atoms with van der Waals surface area (Å²) in [6.45, 7) is 0. The number of rotatable bonds is 3. The van der Waals surface area contributed by atoms with Gasteiger partial charge in [-0.15, -0.1) is 0 Å². The lowest BCUT2D eigenvalue weighted by molar-refractivity contribution is 0.353. The van der Waals surface area contributed by atoms with E-state index in [-0.39, 0.29) is 0 Å². The Morgan fingerprint density at radius 2 is 2.06 bits per heavy atom. The third kappa shape index (κ3) is 1.78. The molecular formula is C11H11BrN2O2. The van der Waals surface area contributed by atoms with Gasteiger partial charge in [0.15, 0.2) is 11.5 Å². The van der Waals surface area contributed by atoms with Gasteiger partial charge in [0.25, 0.3) is 0 Å². The van der Waals surface area contributed by atoms with E-state index in [4.69, 9.17) is 9.47 Å². The van der Waals surface area contributed by atoms with Crippen LogP contribution in [-0.2, 0) is 0 Å². The van der Waals surface area contributed by atoms with Crippen molar-refractivity contribution in [1.82, 2.24) is 10.2 Å². The Bertz CT molecular complexity index is 483. The van der Waals surface area contributed by atoms with E-state index >= 15 is 0 Å². The Hall–Kier alpha value is -1.49. The standard InChI is InChI=1S/C11H11BrN2O2/c1-15-9-4-3-8(7-5-13-14-6-7)10(12)11(9)16-2/h3-6H,1-2H3,(H,13,14). The first-order valence-electron chi connectivity index (χ1n) is 4.67. The minimum atomic E-state index is 0.682. The molecule has 0 saturated heterocycles. The third-order valence-corrected chi connectivity index (χ3v) is 3.08. The van der Waals surface area contributed by atoms with Crippen molar-refractivity contribution in [2.24, 2.45) is 0 Å². The summed E-state index contributed by atoms with van der Waals surface area (Å²) in [5.41, 5.74) is 2.00. The van der Waals surface area contributed by atoms with Gasteiger partial charge in [-0.05, 0) is 28.1 Å². The summed E-state index contributed by atoms with van der Waals surface area (Å²) < 4.78 is 11.4. The van der Waals surface area contributed by atoms with Crippen molar-refractivity contribution in [2.45, 2.75) is 0 Å². The number of H-pyrrole nitrogens is 1. The van der Waals surface area contributed by atoms with Crippen LogP contribution in [0, 0.1) is 0 Å². The zero-order chi connectivity index (χ0) is 11.5. The number of nitrogens with zero attached hydrogens (tertiary/aromatic N) is 1. The van der Waals surface area contributed by atoms with Crippen LogP contribution in [0.4, 0.5) is 0 Å². The molecule has 1 N–H and O–H groups in total. The molecule has 0 atom stereocenters. The molecule has 84 valence electrons. The van der Waals surface area contributed by atoms with Crippen molar-refractivity contribution < 1.29 is 9.47 Å². The van der Waals surface area contributed by atoms with E-state index < -0.39 is 0 Å². The number of ether oxygens (including phenoxy) is 2. The van der Waals surface area contributed by atoms with E-state index in [2.05, 4.69) is 26.1 Å². The second-order valence-electron chi connectivity index (χ2n) is 3.15. The Kier molecular flexibility index (Phi) is 3.14. The van der Waals surface area contributed by atoms with Gasteiger partial charge in [0.1, 0.15) is 0 Å². The fraction of sp³-hybridized carbons (Fsp3) is 0.182. The van der Waals surface area contributed by atoms with Crippen molar-refractivity contribution in [3.05, 3.63) is 29.0 Å². The van der Waals surface area contributed by atoms with Gasteiger partial charge in [0.2, 0.25) is 0 Å². The SMILES string of the molecule is COc1ccc(-c2cn[nH]c2)c(Br)c1OC. The molecule has 0 radical (unpaired) electrons. The lowest BCUT2D eigenvalue weighted by atomic mass is 10.1. The van der Waals surface area contributed by atoms with Crippen molar-refractivity contribution in [3.63, 3.8) is 0 Å². The number of hydrogen-bond donors (Lipinski definition) is 1. The fourth-order valence-corrected chi connectivity index (χ4v) is 2.23. The molecule has 0 aliphatic rings. The first-order chi connectivity index (χ1) is 7.77. The summed E-state index contributed by atoms with van der Waals surface area (Å²) in [6, 6.07) is 3.82. The molecular weight excluding hydrogens is 272 g/mol. The van der Waals surface area contributed by atoms with Crippen LogP contribution in [0.3, 0.4) is 0 Å². The molecule has 0 bridgehead atoms. The van der Waals surface area contributed by atoms with Crippen molar-refractivity contribution in [1.29, 1.82) is 0 Å². The Morgan fingerprint density at radius 1 is 1.25 bits per heavy atom. The summed E-state index contributed by atoms with van der Waals surface area (Å²) >= 11 is 3.51. The van der Waals surface area contributed by atoms with Gasteiger partial charge in [-0.1, -0.05) is 0 Å². The molecule has 1 aromatic heterocycles. The zero-order valence-electron chi connectivity index (χ0n) is 8.95. The first-order valence-corrected chi connectivity index (χ1v) is 5.47. The van der Waals surface area contributed by atoms with Gasteiger partial charge in [-0.25, -0.2) is 0 Å². The third-order valence-electron chi connectivity index (χ3n) is 2.29. The number of nitrogens with one attached hydrogen (secondary N) is 1. The van der Waals surface area contributed by atoms with Gasteiger partial charge in [-0.3, -0.25) is 5.10 Å². The van der Waals surface area contributed by atoms with Crippen LogP contribution >= 0.6 is 15.9 Å². The average molecular weight is 283 g/mol. The zero-order valence-corrected chi connectivity index (χ0v) is 10.5. The van der Waals surface area contributed by atoms with E-state index in [0.717, 1.165) is 15.6 Å². The minimum absolute atomic E-state index is 0.682. The molecule has 1 heterocycles. The van der Waals surface area contributed by atoms with Gasteiger partial charge in [0, 0.05) is 17.3 Å². The van der Waals surface area contributed by atoms with Crippen molar-refractivity contribution in [2.75, 3.05) is 14.2 Å².